The van der Waals surface area contributed by atoms with Crippen LogP contribution >= 0.6 is 0 Å². The third-order valence-corrected chi connectivity index (χ3v) is 10.1. The van der Waals surface area contributed by atoms with Crippen molar-refractivity contribution in [3.63, 3.8) is 0 Å². The lowest BCUT2D eigenvalue weighted by Gasteiger charge is -2.26. The maximum Gasteiger partial charge on any atom is 0.309 e. The van der Waals surface area contributed by atoms with E-state index < -0.39 is 11.8 Å². The monoisotopic (exact) mass is 803 g/mol. The number of hydrogen-bond donors (Lipinski definition) is 0. The minimum atomic E-state index is -0.391. The summed E-state index contributed by atoms with van der Waals surface area (Å²) >= 11 is 0. The molecule has 0 aliphatic heterocycles. The number of rotatable bonds is 11. The number of allylic oxidation sites excluding steroid dienone is 2. The Morgan fingerprint density at radius 1 is 0.508 bits per heavy atom. The highest BCUT2D eigenvalue weighted by Gasteiger charge is 2.35. The van der Waals surface area contributed by atoms with Crippen molar-refractivity contribution in [2.45, 2.75) is 38.5 Å². The van der Waals surface area contributed by atoms with Crippen molar-refractivity contribution in [3.8, 4) is 23.0 Å². The van der Waals surface area contributed by atoms with Gasteiger partial charge in [0.1, 0.15) is 23.0 Å². The molecule has 0 radical (unpaired) electrons. The quantitative estimate of drug-likeness (QED) is 0.0956. The molecule has 9 heteroatoms. The van der Waals surface area contributed by atoms with E-state index in [0.29, 0.717) is 12.8 Å². The molecular formula is C50H61NO8. The third-order valence-electron chi connectivity index (χ3n) is 10.1. The van der Waals surface area contributed by atoms with Gasteiger partial charge in [0.15, 0.2) is 0 Å². The number of carbonyl (C=O) groups excluding carboxylic acids is 2. The average Bonchev–Trinajstić information content (AvgIpc) is 3.30. The van der Waals surface area contributed by atoms with Gasteiger partial charge in [-0.1, -0.05) is 92.7 Å². The summed E-state index contributed by atoms with van der Waals surface area (Å²) in [5, 5.41) is 0. The first-order chi connectivity index (χ1) is 28.4. The van der Waals surface area contributed by atoms with Gasteiger partial charge in [0.25, 0.3) is 0 Å². The topological polar surface area (TPSA) is 92.8 Å². The molecule has 0 aromatic heterocycles. The molecule has 0 fully saturated rings. The number of carbonyl (C=O) groups is 2. The second-order valence-corrected chi connectivity index (χ2v) is 14.4. The molecule has 0 heterocycles. The number of esters is 2. The Bertz CT molecular complexity index is 1850. The molecule has 0 N–H and O–H groups in total. The van der Waals surface area contributed by atoms with Gasteiger partial charge < -0.3 is 33.3 Å². The number of nitrogens with zero attached hydrogens (tertiary/aromatic N) is 1. The fourth-order valence-electron chi connectivity index (χ4n) is 6.27. The van der Waals surface area contributed by atoms with E-state index in [4.69, 9.17) is 18.9 Å². The molecular weight excluding hydrogens is 743 g/mol. The number of ether oxygens (including phenoxy) is 6. The summed E-state index contributed by atoms with van der Waals surface area (Å²) in [5.74, 6) is 2.08. The van der Waals surface area contributed by atoms with E-state index >= 15 is 0 Å². The van der Waals surface area contributed by atoms with Crippen LogP contribution in [0.25, 0.3) is 0 Å². The van der Waals surface area contributed by atoms with E-state index in [-0.39, 0.29) is 17.4 Å². The molecule has 6 rings (SSSR count). The summed E-state index contributed by atoms with van der Waals surface area (Å²) in [4.78, 5) is 24.8. The van der Waals surface area contributed by atoms with Crippen LogP contribution in [-0.4, -0.2) is 68.7 Å². The number of hydrogen-bond acceptors (Lipinski definition) is 9. The molecule has 314 valence electrons. The summed E-state index contributed by atoms with van der Waals surface area (Å²) < 4.78 is 29.9. The first kappa shape index (κ1) is 47.2. The Labute approximate surface area is 351 Å². The predicted octanol–water partition coefficient (Wildman–Crippen LogP) is 9.99. The summed E-state index contributed by atoms with van der Waals surface area (Å²) in [7, 11) is 13.5. The summed E-state index contributed by atoms with van der Waals surface area (Å²) in [5.41, 5.74) is 6.28. The van der Waals surface area contributed by atoms with Crippen LogP contribution in [0.5, 0.6) is 23.0 Å². The van der Waals surface area contributed by atoms with E-state index in [9.17, 15) is 9.59 Å². The molecule has 59 heavy (non-hydrogen) atoms. The molecule has 0 bridgehead atoms. The summed E-state index contributed by atoms with van der Waals surface area (Å²) in [6.07, 6.45) is 5.80. The lowest BCUT2D eigenvalue weighted by Crippen LogP contribution is -2.32. The van der Waals surface area contributed by atoms with Crippen molar-refractivity contribution in [2.75, 3.05) is 61.7 Å². The van der Waals surface area contributed by atoms with Gasteiger partial charge in [0, 0.05) is 25.2 Å². The first-order valence-electron chi connectivity index (χ1n) is 19.5. The molecule has 1 aliphatic carbocycles. The van der Waals surface area contributed by atoms with Crippen LogP contribution < -0.4 is 23.8 Å². The van der Waals surface area contributed by atoms with E-state index in [1.54, 1.807) is 28.4 Å². The highest BCUT2D eigenvalue weighted by atomic mass is 16.5. The minimum absolute atomic E-state index is 0.0431. The molecule has 9 nitrogen and oxygen atoms in total. The van der Waals surface area contributed by atoms with Crippen LogP contribution in [0.15, 0.2) is 140 Å². The summed E-state index contributed by atoms with van der Waals surface area (Å²) in [6, 6.07) is 43.0. The largest absolute Gasteiger partial charge is 0.497 e. The van der Waals surface area contributed by atoms with E-state index in [1.807, 2.05) is 93.0 Å². The smallest absolute Gasteiger partial charge is 0.309 e. The van der Waals surface area contributed by atoms with Gasteiger partial charge in [-0.15, -0.1) is 0 Å². The van der Waals surface area contributed by atoms with Gasteiger partial charge >= 0.3 is 11.9 Å². The Hall–Kier alpha value is -6.22. The third kappa shape index (κ3) is 14.9. The number of benzene rings is 5. The van der Waals surface area contributed by atoms with Gasteiger partial charge in [-0.25, -0.2) is 0 Å². The standard InChI is InChI=1S/C17H20O2.C15H16O2.C10H14O4.C8H11N/c1-17(2,13-5-9-15(18-3)10-6-13)14-7-11-16(19-4)12-8-14;1-16-14-7-3-12(4-8-14)11-13-5-9-15(17-2)10-6-13;1-13-9(11)7-5-3-4-6-8(7)10(12)14-2;1-9(2)8-6-4-3-5-7-8/h5-12H,1-4H3;3-10H,11H2,1-2H3;3-4,7-8H,5-6H2,1-2H3;3-7H,1-2H3. The van der Waals surface area contributed by atoms with Crippen molar-refractivity contribution in [1.29, 1.82) is 0 Å². The number of methoxy groups -OCH3 is 6. The van der Waals surface area contributed by atoms with Gasteiger partial charge in [0.05, 0.1) is 54.5 Å². The zero-order valence-electron chi connectivity index (χ0n) is 36.3. The molecule has 2 atom stereocenters. The number of anilines is 1. The Balaban J connectivity index is 0.000000217. The van der Waals surface area contributed by atoms with Crippen molar-refractivity contribution >= 4 is 17.6 Å². The van der Waals surface area contributed by atoms with Crippen LogP contribution in [-0.2, 0) is 30.9 Å². The van der Waals surface area contributed by atoms with Crippen LogP contribution in [0.4, 0.5) is 5.69 Å². The molecule has 5 aromatic rings. The lowest BCUT2D eigenvalue weighted by molar-refractivity contribution is -0.157. The van der Waals surface area contributed by atoms with E-state index in [0.717, 1.165) is 29.4 Å². The van der Waals surface area contributed by atoms with E-state index in [2.05, 4.69) is 88.9 Å². The normalized spacial score (nSPS) is 13.9. The lowest BCUT2D eigenvalue weighted by atomic mass is 9.78. The maximum atomic E-state index is 11.3. The zero-order valence-corrected chi connectivity index (χ0v) is 36.3. The average molecular weight is 804 g/mol. The second kappa shape index (κ2) is 24.5. The highest BCUT2D eigenvalue weighted by molar-refractivity contribution is 5.82. The van der Waals surface area contributed by atoms with Gasteiger partial charge in [-0.05, 0) is 102 Å². The number of para-hydroxylation sites is 1. The fraction of sp³-hybridized carbons (Fsp3) is 0.320. The van der Waals surface area contributed by atoms with Crippen molar-refractivity contribution in [1.82, 2.24) is 0 Å². The van der Waals surface area contributed by atoms with Gasteiger partial charge in [-0.3, -0.25) is 9.59 Å². The van der Waals surface area contributed by atoms with Crippen molar-refractivity contribution in [3.05, 3.63) is 162 Å². The minimum Gasteiger partial charge on any atom is -0.497 e. The van der Waals surface area contributed by atoms with Crippen LogP contribution in [0.3, 0.4) is 0 Å². The summed E-state index contributed by atoms with van der Waals surface area (Å²) in [6.45, 7) is 4.44. The fourth-order valence-corrected chi connectivity index (χ4v) is 6.27. The van der Waals surface area contributed by atoms with Crippen LogP contribution in [0.2, 0.25) is 0 Å². The maximum absolute atomic E-state index is 11.3. The van der Waals surface area contributed by atoms with E-state index in [1.165, 1.54) is 42.2 Å². The van der Waals surface area contributed by atoms with Crippen molar-refractivity contribution < 1.29 is 38.0 Å². The molecule has 0 amide bonds. The molecule has 5 aromatic carbocycles. The van der Waals surface area contributed by atoms with Crippen LogP contribution in [0.1, 0.15) is 48.9 Å². The predicted molar refractivity (Wildman–Crippen MR) is 237 cm³/mol. The molecule has 0 spiro atoms. The molecule has 0 saturated heterocycles. The van der Waals surface area contributed by atoms with Crippen molar-refractivity contribution in [2.24, 2.45) is 11.8 Å². The zero-order chi connectivity index (χ0) is 43.2. The Morgan fingerprint density at radius 2 is 0.831 bits per heavy atom. The Kier molecular flexibility index (Phi) is 19.6. The molecule has 0 saturated carbocycles. The SMILES string of the molecule is CN(C)c1ccccc1.COC(=O)C1CC=CCC1C(=O)OC.COc1ccc(C(C)(C)c2ccc(OC)cc2)cc1.COc1ccc(Cc2ccc(OC)cc2)cc1. The van der Waals surface area contributed by atoms with Crippen LogP contribution in [0, 0.1) is 11.8 Å². The first-order valence-corrected chi connectivity index (χ1v) is 19.5. The molecule has 1 aliphatic rings. The van der Waals surface area contributed by atoms with Gasteiger partial charge in [-0.2, -0.15) is 0 Å². The second-order valence-electron chi connectivity index (χ2n) is 14.4. The highest BCUT2D eigenvalue weighted by Crippen LogP contribution is 2.33. The van der Waals surface area contributed by atoms with Gasteiger partial charge in [0.2, 0.25) is 0 Å². The molecule has 2 unspecified atom stereocenters. The Morgan fingerprint density at radius 3 is 1.10 bits per heavy atom.